The molecule has 3 aromatic rings. The number of hydrogen-bond donors (Lipinski definition) is 5. The van der Waals surface area contributed by atoms with Gasteiger partial charge in [-0.3, -0.25) is 4.79 Å². The molecule has 11 heteroatoms. The number of piperidine rings is 1. The summed E-state index contributed by atoms with van der Waals surface area (Å²) in [5.41, 5.74) is 2.58. The molecule has 0 radical (unpaired) electrons. The number of aliphatic hydroxyl groups is 2. The number of methoxy groups -OCH3 is 1. The van der Waals surface area contributed by atoms with Crippen molar-refractivity contribution in [3.05, 3.63) is 59.2 Å². The zero-order chi connectivity index (χ0) is 25.5. The van der Waals surface area contributed by atoms with Crippen molar-refractivity contribution in [1.29, 1.82) is 0 Å². The summed E-state index contributed by atoms with van der Waals surface area (Å²) in [6, 6.07) is 12.8. The van der Waals surface area contributed by atoms with E-state index in [-0.39, 0.29) is 36.1 Å². The fraction of sp³-hybridized carbons (Fsp3) is 0.320. The summed E-state index contributed by atoms with van der Waals surface area (Å²) in [6.45, 7) is 1.56. The molecule has 1 fully saturated rings. The van der Waals surface area contributed by atoms with Crippen LogP contribution in [0.1, 0.15) is 23.2 Å². The molecule has 0 bridgehead atoms. The first-order chi connectivity index (χ1) is 17.5. The Morgan fingerprint density at radius 2 is 1.94 bits per heavy atom. The topological polar surface area (TPSA) is 132 Å². The molecule has 4 rings (SSSR count). The summed E-state index contributed by atoms with van der Waals surface area (Å²) < 4.78 is 5.60. The maximum atomic E-state index is 12.5. The predicted octanol–water partition coefficient (Wildman–Crippen LogP) is 3.31. The van der Waals surface area contributed by atoms with E-state index in [1.54, 1.807) is 31.4 Å². The van der Waals surface area contributed by atoms with Crippen LogP contribution in [-0.4, -0.2) is 65.5 Å². The standard InChI is InChI=1S/C25H29ClN6O4/c1-36-22-14-16(32-11-8-17(34)9-12-32)6-7-21(22)30-25-28-15-19(26)23(31-25)29-20-5-3-2-4-18(20)24(35)27-10-13-33/h2-7,14-15,17,33-34H,8-13H2,1H3,(H,27,35)(H2,28,29,30,31). The molecule has 190 valence electrons. The van der Waals surface area contributed by atoms with Crippen LogP contribution >= 0.6 is 11.6 Å². The average molecular weight is 513 g/mol. The molecule has 0 spiro atoms. The third-order valence-corrected chi connectivity index (χ3v) is 6.10. The largest absolute Gasteiger partial charge is 0.494 e. The van der Waals surface area contributed by atoms with Crippen LogP contribution in [0, 0.1) is 0 Å². The molecule has 0 aliphatic carbocycles. The van der Waals surface area contributed by atoms with Crippen molar-refractivity contribution in [3.63, 3.8) is 0 Å². The van der Waals surface area contributed by atoms with Crippen molar-refractivity contribution in [3.8, 4) is 5.75 Å². The van der Waals surface area contributed by atoms with Crippen LogP contribution in [0.25, 0.3) is 0 Å². The van der Waals surface area contributed by atoms with E-state index in [4.69, 9.17) is 21.4 Å². The van der Waals surface area contributed by atoms with E-state index < -0.39 is 0 Å². The van der Waals surface area contributed by atoms with Gasteiger partial charge in [-0.05, 0) is 37.1 Å². The Kier molecular flexibility index (Phi) is 8.42. The minimum absolute atomic E-state index is 0.149. The lowest BCUT2D eigenvalue weighted by molar-refractivity contribution is 0.0945. The van der Waals surface area contributed by atoms with Gasteiger partial charge in [0.05, 0.1) is 43.0 Å². The van der Waals surface area contributed by atoms with Crippen molar-refractivity contribution in [2.24, 2.45) is 0 Å². The molecule has 36 heavy (non-hydrogen) atoms. The van der Waals surface area contributed by atoms with Crippen molar-refractivity contribution in [2.45, 2.75) is 18.9 Å². The van der Waals surface area contributed by atoms with Crippen molar-refractivity contribution < 1.29 is 19.7 Å². The molecule has 0 unspecified atom stereocenters. The lowest BCUT2D eigenvalue weighted by Gasteiger charge is -2.31. The molecular formula is C25H29ClN6O4. The highest BCUT2D eigenvalue weighted by Gasteiger charge is 2.19. The zero-order valence-corrected chi connectivity index (χ0v) is 20.6. The van der Waals surface area contributed by atoms with Crippen molar-refractivity contribution in [2.75, 3.05) is 48.9 Å². The second-order valence-corrected chi connectivity index (χ2v) is 8.68. The zero-order valence-electron chi connectivity index (χ0n) is 19.9. The normalized spacial score (nSPS) is 13.8. The van der Waals surface area contributed by atoms with Gasteiger partial charge in [-0.1, -0.05) is 23.7 Å². The summed E-state index contributed by atoms with van der Waals surface area (Å²) in [5.74, 6) is 0.900. The van der Waals surface area contributed by atoms with Gasteiger partial charge in [-0.2, -0.15) is 4.98 Å². The molecule has 1 aromatic heterocycles. The second kappa shape index (κ2) is 11.9. The molecule has 2 heterocycles. The fourth-order valence-corrected chi connectivity index (χ4v) is 4.06. The van der Waals surface area contributed by atoms with Gasteiger partial charge in [-0.25, -0.2) is 4.98 Å². The number of rotatable bonds is 9. The van der Waals surface area contributed by atoms with Crippen LogP contribution in [0.15, 0.2) is 48.7 Å². The number of aliphatic hydroxyl groups excluding tert-OH is 2. The SMILES string of the molecule is COc1cc(N2CCC(O)CC2)ccc1Nc1ncc(Cl)c(Nc2ccccc2C(=O)NCCO)n1. The maximum Gasteiger partial charge on any atom is 0.253 e. The molecule has 0 atom stereocenters. The van der Waals surface area contributed by atoms with Crippen LogP contribution < -0.4 is 25.6 Å². The molecule has 1 aliphatic heterocycles. The van der Waals surface area contributed by atoms with E-state index in [0.717, 1.165) is 31.6 Å². The van der Waals surface area contributed by atoms with E-state index in [9.17, 15) is 9.90 Å². The third kappa shape index (κ3) is 6.14. The number of ether oxygens (including phenoxy) is 1. The van der Waals surface area contributed by atoms with Gasteiger partial charge < -0.3 is 35.8 Å². The Labute approximate surface area is 214 Å². The van der Waals surface area contributed by atoms with E-state index in [1.165, 1.54) is 6.20 Å². The van der Waals surface area contributed by atoms with Gasteiger partial charge >= 0.3 is 0 Å². The number of amides is 1. The van der Waals surface area contributed by atoms with Crippen molar-refractivity contribution >= 4 is 46.3 Å². The predicted molar refractivity (Wildman–Crippen MR) is 140 cm³/mol. The lowest BCUT2D eigenvalue weighted by Crippen LogP contribution is -2.35. The van der Waals surface area contributed by atoms with Crippen LogP contribution in [-0.2, 0) is 0 Å². The van der Waals surface area contributed by atoms with Gasteiger partial charge in [0.15, 0.2) is 5.82 Å². The summed E-state index contributed by atoms with van der Waals surface area (Å²) in [7, 11) is 1.60. The van der Waals surface area contributed by atoms with E-state index in [1.807, 2.05) is 18.2 Å². The second-order valence-electron chi connectivity index (χ2n) is 8.27. The van der Waals surface area contributed by atoms with E-state index >= 15 is 0 Å². The average Bonchev–Trinajstić information content (AvgIpc) is 2.90. The summed E-state index contributed by atoms with van der Waals surface area (Å²) in [6.07, 6.45) is 2.70. The third-order valence-electron chi connectivity index (χ3n) is 5.83. The van der Waals surface area contributed by atoms with Crippen LogP contribution in [0.4, 0.5) is 28.8 Å². The van der Waals surface area contributed by atoms with Gasteiger partial charge in [0.1, 0.15) is 10.8 Å². The molecule has 1 saturated heterocycles. The fourth-order valence-electron chi connectivity index (χ4n) is 3.92. The van der Waals surface area contributed by atoms with Crippen LogP contribution in [0.2, 0.25) is 5.02 Å². The molecule has 2 aromatic carbocycles. The first-order valence-electron chi connectivity index (χ1n) is 11.6. The number of hydrogen-bond acceptors (Lipinski definition) is 9. The first-order valence-corrected chi connectivity index (χ1v) is 12.0. The first kappa shape index (κ1) is 25.5. The molecule has 10 nitrogen and oxygen atoms in total. The van der Waals surface area contributed by atoms with Gasteiger partial charge in [0.25, 0.3) is 5.91 Å². The van der Waals surface area contributed by atoms with E-state index in [2.05, 4.69) is 30.8 Å². The summed E-state index contributed by atoms with van der Waals surface area (Å²) in [4.78, 5) is 23.4. The number of para-hydroxylation sites is 1. The van der Waals surface area contributed by atoms with Crippen LogP contribution in [0.5, 0.6) is 5.75 Å². The quantitative estimate of drug-likeness (QED) is 0.293. The highest BCUT2D eigenvalue weighted by molar-refractivity contribution is 6.33. The number of carbonyl (C=O) groups excluding carboxylic acids is 1. The Hall–Kier alpha value is -3.60. The van der Waals surface area contributed by atoms with Gasteiger partial charge in [0.2, 0.25) is 5.95 Å². The molecule has 0 saturated carbocycles. The number of aromatic nitrogens is 2. The summed E-state index contributed by atoms with van der Waals surface area (Å²) in [5, 5.41) is 28.0. The minimum Gasteiger partial charge on any atom is -0.494 e. The Morgan fingerprint density at radius 3 is 2.69 bits per heavy atom. The highest BCUT2D eigenvalue weighted by Crippen LogP contribution is 2.33. The number of carbonyl (C=O) groups is 1. The molecule has 1 aliphatic rings. The van der Waals surface area contributed by atoms with Crippen LogP contribution in [0.3, 0.4) is 0 Å². The Bertz CT molecular complexity index is 1200. The monoisotopic (exact) mass is 512 g/mol. The maximum absolute atomic E-state index is 12.5. The molecule has 1 amide bonds. The number of benzene rings is 2. The van der Waals surface area contributed by atoms with E-state index in [0.29, 0.717) is 28.5 Å². The molecular weight excluding hydrogens is 484 g/mol. The lowest BCUT2D eigenvalue weighted by atomic mass is 10.1. The highest BCUT2D eigenvalue weighted by atomic mass is 35.5. The number of nitrogens with zero attached hydrogens (tertiary/aromatic N) is 3. The number of anilines is 5. The number of halogens is 1. The Balaban J connectivity index is 1.53. The van der Waals surface area contributed by atoms with Gasteiger partial charge in [-0.15, -0.1) is 0 Å². The Morgan fingerprint density at radius 1 is 1.17 bits per heavy atom. The van der Waals surface area contributed by atoms with Gasteiger partial charge in [0, 0.05) is 31.4 Å². The molecule has 5 N–H and O–H groups in total. The summed E-state index contributed by atoms with van der Waals surface area (Å²) >= 11 is 6.34. The minimum atomic E-state index is -0.330. The number of nitrogens with one attached hydrogen (secondary N) is 3. The smallest absolute Gasteiger partial charge is 0.253 e. The van der Waals surface area contributed by atoms with Crippen molar-refractivity contribution in [1.82, 2.24) is 15.3 Å².